The zero-order valence-electron chi connectivity index (χ0n) is 17.1. The summed E-state index contributed by atoms with van der Waals surface area (Å²) in [5.74, 6) is 0.855. The summed E-state index contributed by atoms with van der Waals surface area (Å²) in [6.45, 7) is 4.60. The van der Waals surface area contributed by atoms with E-state index in [1.54, 1.807) is 30.0 Å². The molecule has 1 aliphatic rings. The van der Waals surface area contributed by atoms with Crippen LogP contribution in [-0.4, -0.2) is 45.0 Å². The van der Waals surface area contributed by atoms with Gasteiger partial charge in [-0.15, -0.1) is 0 Å². The maximum Gasteiger partial charge on any atom is 0.339 e. The maximum absolute atomic E-state index is 12.4. The summed E-state index contributed by atoms with van der Waals surface area (Å²) in [5.41, 5.74) is 0.399. The minimum atomic E-state index is -3.63. The highest BCUT2D eigenvalue weighted by Crippen LogP contribution is 2.19. The van der Waals surface area contributed by atoms with Crippen molar-refractivity contribution in [1.82, 2.24) is 9.62 Å². The fourth-order valence-electron chi connectivity index (χ4n) is 3.38. The molecule has 2 heterocycles. The molecule has 0 atom stereocenters. The van der Waals surface area contributed by atoms with Crippen LogP contribution in [0.1, 0.15) is 30.6 Å². The van der Waals surface area contributed by atoms with Gasteiger partial charge in [0.15, 0.2) is 0 Å². The zero-order valence-corrected chi connectivity index (χ0v) is 17.9. The lowest BCUT2D eigenvalue weighted by atomic mass is 10.1. The number of piperidine rings is 1. The third-order valence-corrected chi connectivity index (χ3v) is 6.35. The zero-order chi connectivity index (χ0) is 21.7. The Morgan fingerprint density at radius 3 is 2.60 bits per heavy atom. The Hall–Kier alpha value is -2.65. The first kappa shape index (κ1) is 22.0. The fraction of sp³-hybridized carbons (Fsp3) is 0.429. The van der Waals surface area contributed by atoms with Gasteiger partial charge in [0.1, 0.15) is 17.6 Å². The summed E-state index contributed by atoms with van der Waals surface area (Å²) < 4.78 is 37.9. The smallest absolute Gasteiger partial charge is 0.339 e. The molecule has 1 aromatic heterocycles. The number of benzene rings is 1. The van der Waals surface area contributed by atoms with Crippen LogP contribution in [-0.2, 0) is 14.8 Å². The average Bonchev–Trinajstić information content (AvgIpc) is 2.67. The molecule has 0 radical (unpaired) electrons. The lowest BCUT2D eigenvalue weighted by Gasteiger charge is -2.32. The van der Waals surface area contributed by atoms with E-state index >= 15 is 0 Å². The third kappa shape index (κ3) is 5.93. The number of carbonyl (C=O) groups is 1. The van der Waals surface area contributed by atoms with Crippen LogP contribution in [0.15, 0.2) is 50.5 Å². The minimum absolute atomic E-state index is 0.0462. The number of ether oxygens (including phenoxy) is 1. The number of aryl methyl sites for hydroxylation is 2. The SMILES string of the molecule is Cc1cccc(S(=O)(=O)NCCC(=O)N2CCC(Oc3cc(C)oc(=O)c3)CC2)c1. The van der Waals surface area contributed by atoms with Crippen molar-refractivity contribution in [2.24, 2.45) is 0 Å². The Labute approximate surface area is 175 Å². The molecule has 0 saturated carbocycles. The van der Waals surface area contributed by atoms with Crippen LogP contribution in [0.4, 0.5) is 0 Å². The van der Waals surface area contributed by atoms with Crippen molar-refractivity contribution in [1.29, 1.82) is 0 Å². The molecule has 1 saturated heterocycles. The van der Waals surface area contributed by atoms with Crippen molar-refractivity contribution >= 4 is 15.9 Å². The number of sulfonamides is 1. The maximum atomic E-state index is 12.4. The quantitative estimate of drug-likeness (QED) is 0.714. The van der Waals surface area contributed by atoms with Crippen LogP contribution in [0, 0.1) is 13.8 Å². The van der Waals surface area contributed by atoms with Crippen molar-refractivity contribution in [3.8, 4) is 5.75 Å². The minimum Gasteiger partial charge on any atom is -0.490 e. The molecule has 0 aliphatic carbocycles. The summed E-state index contributed by atoms with van der Waals surface area (Å²) in [5, 5.41) is 0. The van der Waals surface area contributed by atoms with Crippen LogP contribution in [0.3, 0.4) is 0 Å². The van der Waals surface area contributed by atoms with Gasteiger partial charge in [0.25, 0.3) is 0 Å². The Kier molecular flexibility index (Phi) is 6.94. The van der Waals surface area contributed by atoms with Crippen molar-refractivity contribution in [2.75, 3.05) is 19.6 Å². The molecule has 1 N–H and O–H groups in total. The lowest BCUT2D eigenvalue weighted by Crippen LogP contribution is -2.42. The number of carbonyl (C=O) groups excluding carboxylic acids is 1. The summed E-state index contributed by atoms with van der Waals surface area (Å²) in [6.07, 6.45) is 1.28. The predicted molar refractivity (Wildman–Crippen MR) is 111 cm³/mol. The number of hydrogen-bond donors (Lipinski definition) is 1. The Bertz CT molecular complexity index is 1060. The van der Waals surface area contributed by atoms with Gasteiger partial charge in [-0.1, -0.05) is 12.1 Å². The van der Waals surface area contributed by atoms with Crippen LogP contribution in [0.2, 0.25) is 0 Å². The molecule has 1 amide bonds. The van der Waals surface area contributed by atoms with Gasteiger partial charge in [0.05, 0.1) is 11.0 Å². The number of nitrogens with zero attached hydrogens (tertiary/aromatic N) is 1. The van der Waals surface area contributed by atoms with Gasteiger partial charge < -0.3 is 14.1 Å². The molecule has 1 aromatic carbocycles. The molecule has 8 nitrogen and oxygen atoms in total. The van der Waals surface area contributed by atoms with Gasteiger partial charge in [-0.25, -0.2) is 17.9 Å². The Morgan fingerprint density at radius 2 is 1.93 bits per heavy atom. The first-order valence-electron chi connectivity index (χ1n) is 9.85. The standard InChI is InChI=1S/C21H26N2O6S/c1-15-4-3-5-19(12-15)30(26,27)22-9-6-20(24)23-10-7-17(8-11-23)29-18-13-16(2)28-21(25)14-18/h3-5,12-14,17,22H,6-11H2,1-2H3. The van der Waals surface area contributed by atoms with E-state index in [0.717, 1.165) is 5.56 Å². The van der Waals surface area contributed by atoms with E-state index < -0.39 is 15.6 Å². The van der Waals surface area contributed by atoms with Gasteiger partial charge in [-0.2, -0.15) is 0 Å². The van der Waals surface area contributed by atoms with Gasteiger partial charge >= 0.3 is 5.63 Å². The first-order chi connectivity index (χ1) is 14.2. The van der Waals surface area contributed by atoms with Gasteiger partial charge in [0, 0.05) is 45.0 Å². The second-order valence-corrected chi connectivity index (χ2v) is 9.15. The highest BCUT2D eigenvalue weighted by atomic mass is 32.2. The van der Waals surface area contributed by atoms with Gasteiger partial charge in [0.2, 0.25) is 15.9 Å². The number of amides is 1. The Balaban J connectivity index is 1.44. The fourth-order valence-corrected chi connectivity index (χ4v) is 4.51. The molecular weight excluding hydrogens is 408 g/mol. The van der Waals surface area contributed by atoms with Crippen molar-refractivity contribution in [3.05, 3.63) is 58.1 Å². The van der Waals surface area contributed by atoms with Crippen LogP contribution < -0.4 is 15.1 Å². The van der Waals surface area contributed by atoms with E-state index in [0.29, 0.717) is 37.4 Å². The average molecular weight is 435 g/mol. The summed E-state index contributed by atoms with van der Waals surface area (Å²) in [4.78, 5) is 25.8. The van der Waals surface area contributed by atoms with Gasteiger partial charge in [-0.05, 0) is 31.5 Å². The summed E-state index contributed by atoms with van der Waals surface area (Å²) in [6, 6.07) is 9.60. The van der Waals surface area contributed by atoms with Crippen LogP contribution >= 0.6 is 0 Å². The number of rotatable bonds is 7. The van der Waals surface area contributed by atoms with E-state index in [4.69, 9.17) is 9.15 Å². The van der Waals surface area contributed by atoms with Crippen molar-refractivity contribution in [3.63, 3.8) is 0 Å². The second kappa shape index (κ2) is 9.44. The second-order valence-electron chi connectivity index (χ2n) is 7.39. The molecule has 0 unspecified atom stereocenters. The molecule has 162 valence electrons. The largest absolute Gasteiger partial charge is 0.490 e. The molecule has 9 heteroatoms. The van der Waals surface area contributed by atoms with E-state index in [1.807, 2.05) is 13.0 Å². The molecule has 0 spiro atoms. The predicted octanol–water partition coefficient (Wildman–Crippen LogP) is 2.00. The van der Waals surface area contributed by atoms with E-state index in [2.05, 4.69) is 4.72 Å². The normalized spacial score (nSPS) is 15.2. The highest BCUT2D eigenvalue weighted by molar-refractivity contribution is 7.89. The molecule has 30 heavy (non-hydrogen) atoms. The van der Waals surface area contributed by atoms with Crippen LogP contribution in [0.25, 0.3) is 0 Å². The molecule has 1 fully saturated rings. The monoisotopic (exact) mass is 434 g/mol. The van der Waals surface area contributed by atoms with Crippen molar-refractivity contribution in [2.45, 2.75) is 44.1 Å². The van der Waals surface area contributed by atoms with Crippen LogP contribution in [0.5, 0.6) is 5.75 Å². The van der Waals surface area contributed by atoms with E-state index in [-0.39, 0.29) is 29.9 Å². The number of likely N-dealkylation sites (tertiary alicyclic amines) is 1. The van der Waals surface area contributed by atoms with Gasteiger partial charge in [-0.3, -0.25) is 4.79 Å². The first-order valence-corrected chi connectivity index (χ1v) is 11.3. The molecule has 2 aromatic rings. The van der Waals surface area contributed by atoms with E-state index in [1.165, 1.54) is 12.1 Å². The number of hydrogen-bond acceptors (Lipinski definition) is 6. The molecular formula is C21H26N2O6S. The van der Waals surface area contributed by atoms with E-state index in [9.17, 15) is 18.0 Å². The topological polar surface area (TPSA) is 106 Å². The highest BCUT2D eigenvalue weighted by Gasteiger charge is 2.24. The third-order valence-electron chi connectivity index (χ3n) is 4.90. The summed E-state index contributed by atoms with van der Waals surface area (Å²) >= 11 is 0. The Morgan fingerprint density at radius 1 is 1.20 bits per heavy atom. The lowest BCUT2D eigenvalue weighted by molar-refractivity contribution is -0.132. The summed E-state index contributed by atoms with van der Waals surface area (Å²) in [7, 11) is -3.63. The molecule has 3 rings (SSSR count). The number of nitrogens with one attached hydrogen (secondary N) is 1. The molecule has 0 bridgehead atoms. The van der Waals surface area contributed by atoms with Crippen molar-refractivity contribution < 1.29 is 22.4 Å². The molecule has 1 aliphatic heterocycles.